The summed E-state index contributed by atoms with van der Waals surface area (Å²) >= 11 is 11.8. The number of amides is 3. The van der Waals surface area contributed by atoms with E-state index >= 15 is 0 Å². The third-order valence-electron chi connectivity index (χ3n) is 4.35. The lowest BCUT2D eigenvalue weighted by Crippen LogP contribution is -2.32. The van der Waals surface area contributed by atoms with Gasteiger partial charge in [-0.25, -0.2) is 5.43 Å². The minimum Gasteiger partial charge on any atom is -0.484 e. The van der Waals surface area contributed by atoms with Gasteiger partial charge in [0, 0.05) is 21.4 Å². The van der Waals surface area contributed by atoms with E-state index in [1.807, 2.05) is 19.1 Å². The molecule has 174 valence electrons. The second-order valence-electron chi connectivity index (χ2n) is 7.04. The van der Waals surface area contributed by atoms with Gasteiger partial charge >= 0.3 is 11.8 Å². The predicted octanol–water partition coefficient (Wildman–Crippen LogP) is 4.41. The Morgan fingerprint density at radius 3 is 2.38 bits per heavy atom. The molecular formula is C24H20Cl2N4O4. The van der Waals surface area contributed by atoms with Crippen molar-refractivity contribution >= 4 is 58.5 Å². The fraction of sp³-hybridized carbons (Fsp3) is 0.0833. The zero-order valence-corrected chi connectivity index (χ0v) is 19.5. The maximum absolute atomic E-state index is 12.1. The van der Waals surface area contributed by atoms with Crippen LogP contribution in [-0.4, -0.2) is 30.5 Å². The fourth-order valence-electron chi connectivity index (χ4n) is 2.77. The van der Waals surface area contributed by atoms with Gasteiger partial charge in [0.05, 0.1) is 6.21 Å². The standard InChI is InChI=1S/C24H20Cl2N4O4/c1-15-5-2-3-8-21(15)29-23(32)24(33)30-27-13-16-6-4-7-20(9-16)34-14-22(31)28-19-11-17(25)10-18(26)12-19/h2-13H,14H2,1H3,(H,28,31)(H,29,32)(H,30,33)/b27-13-. The lowest BCUT2D eigenvalue weighted by molar-refractivity contribution is -0.136. The third-order valence-corrected chi connectivity index (χ3v) is 4.79. The zero-order chi connectivity index (χ0) is 24.5. The number of aryl methyl sites for hydroxylation is 1. The van der Waals surface area contributed by atoms with E-state index in [2.05, 4.69) is 21.2 Å². The largest absolute Gasteiger partial charge is 0.484 e. The van der Waals surface area contributed by atoms with Gasteiger partial charge in [0.2, 0.25) is 0 Å². The Labute approximate surface area is 205 Å². The second kappa shape index (κ2) is 11.8. The summed E-state index contributed by atoms with van der Waals surface area (Å²) in [5.41, 5.74) is 4.57. The van der Waals surface area contributed by atoms with Crippen LogP contribution in [-0.2, 0) is 14.4 Å². The molecule has 0 saturated carbocycles. The monoisotopic (exact) mass is 498 g/mol. The van der Waals surface area contributed by atoms with Crippen molar-refractivity contribution in [2.24, 2.45) is 5.10 Å². The molecule has 0 aromatic heterocycles. The molecule has 3 rings (SSSR count). The van der Waals surface area contributed by atoms with Gasteiger partial charge < -0.3 is 15.4 Å². The summed E-state index contributed by atoms with van der Waals surface area (Å²) in [5, 5.41) is 9.75. The third kappa shape index (κ3) is 7.61. The molecule has 0 bridgehead atoms. The number of carbonyl (C=O) groups is 3. The molecule has 3 aromatic rings. The topological polar surface area (TPSA) is 109 Å². The second-order valence-corrected chi connectivity index (χ2v) is 7.91. The first-order valence-electron chi connectivity index (χ1n) is 9.99. The zero-order valence-electron chi connectivity index (χ0n) is 18.0. The minimum absolute atomic E-state index is 0.249. The molecule has 0 spiro atoms. The average Bonchev–Trinajstić information content (AvgIpc) is 2.79. The Hall–Kier alpha value is -3.88. The van der Waals surface area contributed by atoms with Gasteiger partial charge in [-0.3, -0.25) is 14.4 Å². The van der Waals surface area contributed by atoms with Crippen LogP contribution in [0.2, 0.25) is 10.0 Å². The smallest absolute Gasteiger partial charge is 0.329 e. The molecule has 0 atom stereocenters. The molecule has 0 saturated heterocycles. The highest BCUT2D eigenvalue weighted by atomic mass is 35.5. The van der Waals surface area contributed by atoms with Crippen LogP contribution in [0.4, 0.5) is 11.4 Å². The van der Waals surface area contributed by atoms with Crippen molar-refractivity contribution in [3.05, 3.63) is 87.9 Å². The number of carbonyl (C=O) groups excluding carboxylic acids is 3. The van der Waals surface area contributed by atoms with E-state index in [1.54, 1.807) is 54.6 Å². The molecule has 0 aliphatic carbocycles. The number of halogens is 2. The number of hydrogen-bond acceptors (Lipinski definition) is 5. The highest BCUT2D eigenvalue weighted by Gasteiger charge is 2.13. The molecule has 0 aliphatic rings. The van der Waals surface area contributed by atoms with Gasteiger partial charge in [0.1, 0.15) is 5.75 Å². The Balaban J connectivity index is 1.49. The first-order valence-corrected chi connectivity index (χ1v) is 10.7. The van der Waals surface area contributed by atoms with Crippen molar-refractivity contribution in [2.75, 3.05) is 17.2 Å². The quantitative estimate of drug-likeness (QED) is 0.254. The number of ether oxygens (including phenoxy) is 1. The maximum Gasteiger partial charge on any atom is 0.329 e. The summed E-state index contributed by atoms with van der Waals surface area (Å²) < 4.78 is 5.49. The molecule has 34 heavy (non-hydrogen) atoms. The maximum atomic E-state index is 12.1. The number of hydrazone groups is 1. The number of nitrogens with one attached hydrogen (secondary N) is 3. The molecule has 0 fully saturated rings. The van der Waals surface area contributed by atoms with E-state index in [1.165, 1.54) is 6.21 Å². The first kappa shape index (κ1) is 24.8. The van der Waals surface area contributed by atoms with Crippen LogP contribution in [0.25, 0.3) is 0 Å². The van der Waals surface area contributed by atoms with E-state index in [9.17, 15) is 14.4 Å². The van der Waals surface area contributed by atoms with Crippen molar-refractivity contribution in [3.63, 3.8) is 0 Å². The summed E-state index contributed by atoms with van der Waals surface area (Å²) in [4.78, 5) is 36.1. The predicted molar refractivity (Wildman–Crippen MR) is 133 cm³/mol. The van der Waals surface area contributed by atoms with E-state index in [0.717, 1.165) is 5.56 Å². The van der Waals surface area contributed by atoms with Crippen LogP contribution in [0.5, 0.6) is 5.75 Å². The highest BCUT2D eigenvalue weighted by molar-refractivity contribution is 6.39. The van der Waals surface area contributed by atoms with Gasteiger partial charge in [-0.05, 0) is 54.4 Å². The van der Waals surface area contributed by atoms with E-state index in [-0.39, 0.29) is 6.61 Å². The summed E-state index contributed by atoms with van der Waals surface area (Å²) in [6.45, 7) is 1.57. The van der Waals surface area contributed by atoms with Crippen LogP contribution < -0.4 is 20.8 Å². The fourth-order valence-corrected chi connectivity index (χ4v) is 3.29. The molecule has 3 aromatic carbocycles. The van der Waals surface area contributed by atoms with Crippen LogP contribution in [0.15, 0.2) is 71.8 Å². The highest BCUT2D eigenvalue weighted by Crippen LogP contribution is 2.22. The van der Waals surface area contributed by atoms with Crippen molar-refractivity contribution in [3.8, 4) is 5.75 Å². The molecule has 3 amide bonds. The van der Waals surface area contributed by atoms with Crippen LogP contribution >= 0.6 is 23.2 Å². The van der Waals surface area contributed by atoms with E-state index in [0.29, 0.717) is 32.7 Å². The van der Waals surface area contributed by atoms with Crippen molar-refractivity contribution in [1.82, 2.24) is 5.43 Å². The number of para-hydroxylation sites is 1. The minimum atomic E-state index is -0.912. The lowest BCUT2D eigenvalue weighted by Gasteiger charge is -2.09. The first-order chi connectivity index (χ1) is 16.3. The van der Waals surface area contributed by atoms with Gasteiger partial charge in [-0.2, -0.15) is 5.10 Å². The van der Waals surface area contributed by atoms with Gasteiger partial charge in [-0.1, -0.05) is 53.5 Å². The molecule has 8 nitrogen and oxygen atoms in total. The number of anilines is 2. The Kier molecular flexibility index (Phi) is 8.61. The van der Waals surface area contributed by atoms with Crippen molar-refractivity contribution < 1.29 is 19.1 Å². The number of benzene rings is 3. The number of nitrogens with zero attached hydrogens (tertiary/aromatic N) is 1. The molecule has 10 heteroatoms. The lowest BCUT2D eigenvalue weighted by atomic mass is 10.2. The van der Waals surface area contributed by atoms with Gasteiger partial charge in [0.25, 0.3) is 5.91 Å². The van der Waals surface area contributed by atoms with Crippen molar-refractivity contribution in [1.29, 1.82) is 0 Å². The molecular weight excluding hydrogens is 479 g/mol. The average molecular weight is 499 g/mol. The summed E-state index contributed by atoms with van der Waals surface area (Å²) in [6, 6.07) is 18.5. The van der Waals surface area contributed by atoms with Crippen molar-refractivity contribution in [2.45, 2.75) is 6.92 Å². The van der Waals surface area contributed by atoms with Gasteiger partial charge in [-0.15, -0.1) is 0 Å². The van der Waals surface area contributed by atoms with E-state index in [4.69, 9.17) is 27.9 Å². The summed E-state index contributed by atoms with van der Waals surface area (Å²) in [5.74, 6) is -1.74. The molecule has 0 radical (unpaired) electrons. The Morgan fingerprint density at radius 2 is 1.65 bits per heavy atom. The summed E-state index contributed by atoms with van der Waals surface area (Å²) in [6.07, 6.45) is 1.35. The molecule has 0 heterocycles. The van der Waals surface area contributed by atoms with Crippen LogP contribution in [0.1, 0.15) is 11.1 Å². The molecule has 0 unspecified atom stereocenters. The number of rotatable bonds is 7. The van der Waals surface area contributed by atoms with Crippen LogP contribution in [0, 0.1) is 6.92 Å². The SMILES string of the molecule is Cc1ccccc1NC(=O)C(=O)N/N=C\c1cccc(OCC(=O)Nc2cc(Cl)cc(Cl)c2)c1. The molecule has 0 aliphatic heterocycles. The Morgan fingerprint density at radius 1 is 0.912 bits per heavy atom. The normalized spacial score (nSPS) is 10.6. The molecule has 3 N–H and O–H groups in total. The summed E-state index contributed by atoms with van der Waals surface area (Å²) in [7, 11) is 0. The van der Waals surface area contributed by atoms with E-state index < -0.39 is 17.7 Å². The number of hydrogen-bond donors (Lipinski definition) is 3. The Bertz CT molecular complexity index is 1230. The van der Waals surface area contributed by atoms with Crippen LogP contribution in [0.3, 0.4) is 0 Å². The van der Waals surface area contributed by atoms with Gasteiger partial charge in [0.15, 0.2) is 6.61 Å².